The van der Waals surface area contributed by atoms with E-state index in [1.165, 1.54) is 7.11 Å². The molecule has 16 heavy (non-hydrogen) atoms. The van der Waals surface area contributed by atoms with Gasteiger partial charge in [-0.25, -0.2) is 0 Å². The lowest BCUT2D eigenvalue weighted by Gasteiger charge is -2.05. The van der Waals surface area contributed by atoms with E-state index in [0.29, 0.717) is 10.1 Å². The molecule has 0 spiro atoms. The summed E-state index contributed by atoms with van der Waals surface area (Å²) in [6.07, 6.45) is 0. The highest BCUT2D eigenvalue weighted by Gasteiger charge is 2.18. The van der Waals surface area contributed by atoms with E-state index in [-0.39, 0.29) is 6.01 Å². The van der Waals surface area contributed by atoms with Crippen LogP contribution in [0.1, 0.15) is 5.56 Å². The predicted octanol–water partition coefficient (Wildman–Crippen LogP) is 1.85. The van der Waals surface area contributed by atoms with E-state index < -0.39 is 11.2 Å². The van der Waals surface area contributed by atoms with Crippen LogP contribution in [0, 0.1) is 0 Å². The first-order valence-corrected chi connectivity index (χ1v) is 6.69. The van der Waals surface area contributed by atoms with Crippen LogP contribution in [0.5, 0.6) is 6.01 Å². The zero-order valence-electron chi connectivity index (χ0n) is 8.62. The van der Waals surface area contributed by atoms with E-state index in [4.69, 9.17) is 4.74 Å². The molecule has 4 nitrogen and oxygen atoms in total. The summed E-state index contributed by atoms with van der Waals surface area (Å²) in [6.45, 7) is 0. The van der Waals surface area contributed by atoms with Crippen LogP contribution in [0.3, 0.4) is 0 Å². The van der Waals surface area contributed by atoms with Crippen molar-refractivity contribution in [3.8, 4) is 6.01 Å². The van der Waals surface area contributed by atoms with Gasteiger partial charge in [-0.15, -0.1) is 9.36 Å². The van der Waals surface area contributed by atoms with Gasteiger partial charge in [-0.05, 0) is 0 Å². The third-order valence-electron chi connectivity index (χ3n) is 1.91. The molecule has 0 fully saturated rings. The second-order valence-corrected chi connectivity index (χ2v) is 5.40. The van der Waals surface area contributed by atoms with Gasteiger partial charge in [-0.1, -0.05) is 30.3 Å². The topological polar surface area (TPSA) is 58.1 Å². The number of methoxy groups -OCH3 is 1. The molecule has 0 amide bonds. The second kappa shape index (κ2) is 5.29. The van der Waals surface area contributed by atoms with Gasteiger partial charge < -0.3 is 9.29 Å². The molecule has 0 N–H and O–H groups in total. The lowest BCUT2D eigenvalue weighted by Crippen LogP contribution is -2.04. The van der Waals surface area contributed by atoms with Gasteiger partial charge in [0.1, 0.15) is 5.75 Å². The maximum absolute atomic E-state index is 11.9. The van der Waals surface area contributed by atoms with Crippen molar-refractivity contribution in [1.29, 1.82) is 0 Å². The molecule has 1 aromatic carbocycles. The zero-order chi connectivity index (χ0) is 11.4. The Hall–Kier alpha value is -1.11. The van der Waals surface area contributed by atoms with E-state index in [1.54, 1.807) is 0 Å². The summed E-state index contributed by atoms with van der Waals surface area (Å²) < 4.78 is 21.2. The van der Waals surface area contributed by atoms with Crippen LogP contribution in [0.15, 0.2) is 34.7 Å². The Morgan fingerprint density at radius 2 is 2.12 bits per heavy atom. The van der Waals surface area contributed by atoms with Crippen LogP contribution < -0.4 is 4.74 Å². The van der Waals surface area contributed by atoms with E-state index in [0.717, 1.165) is 17.1 Å². The zero-order valence-corrected chi connectivity index (χ0v) is 10.3. The molecule has 2 aromatic rings. The molecule has 6 heteroatoms. The number of nitrogens with zero attached hydrogens (tertiary/aromatic N) is 2. The van der Waals surface area contributed by atoms with Crippen LogP contribution in [0.4, 0.5) is 0 Å². The van der Waals surface area contributed by atoms with Gasteiger partial charge in [0, 0.05) is 28.3 Å². The molecule has 0 aliphatic heterocycles. The maximum Gasteiger partial charge on any atom is 0.332 e. The Labute approximate surface area is 101 Å². The van der Waals surface area contributed by atoms with Crippen molar-refractivity contribution >= 4 is 22.7 Å². The Morgan fingerprint density at radius 3 is 2.75 bits per heavy atom. The van der Waals surface area contributed by atoms with Crippen LogP contribution in [-0.2, 0) is 16.9 Å². The highest BCUT2D eigenvalue weighted by molar-refractivity contribution is 7.92. The molecule has 0 saturated heterocycles. The number of hydrogen-bond donors (Lipinski definition) is 0. The van der Waals surface area contributed by atoms with Crippen LogP contribution in [0.2, 0.25) is 0 Å². The van der Waals surface area contributed by atoms with E-state index in [2.05, 4.69) is 9.36 Å². The minimum absolute atomic E-state index is 0.279. The SMILES string of the molecule is COc1nsc([S+]([O-])Cc2ccccc2)n1. The molecular formula is C10H10N2O2S2. The Morgan fingerprint density at radius 1 is 1.38 bits per heavy atom. The monoisotopic (exact) mass is 254 g/mol. The van der Waals surface area contributed by atoms with Crippen molar-refractivity contribution in [3.63, 3.8) is 0 Å². The summed E-state index contributed by atoms with van der Waals surface area (Å²) in [7, 11) is 1.49. The Balaban J connectivity index is 2.05. The average molecular weight is 254 g/mol. The van der Waals surface area contributed by atoms with Crippen LogP contribution in [-0.4, -0.2) is 21.0 Å². The van der Waals surface area contributed by atoms with Crippen molar-refractivity contribution in [2.75, 3.05) is 7.11 Å². The van der Waals surface area contributed by atoms with Crippen molar-refractivity contribution in [2.45, 2.75) is 10.1 Å². The van der Waals surface area contributed by atoms with Crippen molar-refractivity contribution < 1.29 is 9.29 Å². The lowest BCUT2D eigenvalue weighted by molar-refractivity contribution is 0.383. The first-order chi connectivity index (χ1) is 7.79. The first-order valence-electron chi connectivity index (χ1n) is 4.59. The van der Waals surface area contributed by atoms with E-state index >= 15 is 0 Å². The molecule has 1 heterocycles. The molecule has 0 aliphatic carbocycles. The fourth-order valence-electron chi connectivity index (χ4n) is 1.16. The largest absolute Gasteiger partial charge is 0.609 e. The Bertz CT molecular complexity index is 447. The summed E-state index contributed by atoms with van der Waals surface area (Å²) in [5, 5.41) is 0. The van der Waals surface area contributed by atoms with Gasteiger partial charge >= 0.3 is 10.4 Å². The molecule has 0 radical (unpaired) electrons. The lowest BCUT2D eigenvalue weighted by atomic mass is 10.2. The summed E-state index contributed by atoms with van der Waals surface area (Å²) in [5.41, 5.74) is 1.02. The van der Waals surface area contributed by atoms with E-state index in [9.17, 15) is 4.55 Å². The summed E-state index contributed by atoms with van der Waals surface area (Å²) in [6, 6.07) is 9.94. The molecule has 0 saturated carbocycles. The van der Waals surface area contributed by atoms with Crippen molar-refractivity contribution in [1.82, 2.24) is 9.36 Å². The number of rotatable bonds is 4. The summed E-state index contributed by atoms with van der Waals surface area (Å²) >= 11 is -0.0350. The molecule has 1 aromatic heterocycles. The van der Waals surface area contributed by atoms with Crippen LogP contribution >= 0.6 is 11.5 Å². The fraction of sp³-hybridized carbons (Fsp3) is 0.200. The smallest absolute Gasteiger partial charge is 0.332 e. The van der Waals surface area contributed by atoms with Gasteiger partial charge in [0.05, 0.1) is 7.11 Å². The van der Waals surface area contributed by atoms with Gasteiger partial charge in [0.15, 0.2) is 0 Å². The summed E-state index contributed by atoms with van der Waals surface area (Å²) in [5.74, 6) is 0.458. The maximum atomic E-state index is 11.9. The number of hydrogen-bond acceptors (Lipinski definition) is 5. The third kappa shape index (κ3) is 2.72. The molecule has 84 valence electrons. The number of aromatic nitrogens is 2. The molecular weight excluding hydrogens is 244 g/mol. The average Bonchev–Trinajstić information content (AvgIpc) is 2.79. The van der Waals surface area contributed by atoms with Crippen molar-refractivity contribution in [3.05, 3.63) is 35.9 Å². The predicted molar refractivity (Wildman–Crippen MR) is 63.0 cm³/mol. The minimum Gasteiger partial charge on any atom is -0.609 e. The second-order valence-electron chi connectivity index (χ2n) is 3.02. The normalized spacial score (nSPS) is 12.4. The van der Waals surface area contributed by atoms with Gasteiger partial charge in [0.25, 0.3) is 0 Å². The van der Waals surface area contributed by atoms with Gasteiger partial charge in [-0.3, -0.25) is 0 Å². The first kappa shape index (κ1) is 11.4. The van der Waals surface area contributed by atoms with Crippen molar-refractivity contribution in [2.24, 2.45) is 0 Å². The standard InChI is InChI=1S/C10H10N2O2S2/c1-14-9-11-10(15-12-9)16(13)7-8-5-3-2-4-6-8/h2-6H,7H2,1H3. The Kier molecular flexibility index (Phi) is 3.76. The fourth-order valence-corrected chi connectivity index (χ4v) is 2.97. The molecule has 0 aliphatic rings. The molecule has 0 bridgehead atoms. The molecule has 2 rings (SSSR count). The molecule has 1 atom stereocenters. The summed E-state index contributed by atoms with van der Waals surface area (Å²) in [4.78, 5) is 4.01. The minimum atomic E-state index is -1.15. The number of benzene rings is 1. The highest BCUT2D eigenvalue weighted by Crippen LogP contribution is 2.20. The third-order valence-corrected chi connectivity index (χ3v) is 4.26. The number of ether oxygens (including phenoxy) is 1. The van der Waals surface area contributed by atoms with Gasteiger partial charge in [-0.2, -0.15) is 0 Å². The van der Waals surface area contributed by atoms with Gasteiger partial charge in [0.2, 0.25) is 0 Å². The van der Waals surface area contributed by atoms with Crippen LogP contribution in [0.25, 0.3) is 0 Å². The quantitative estimate of drug-likeness (QED) is 0.781. The molecule has 1 unspecified atom stereocenters. The van der Waals surface area contributed by atoms with E-state index in [1.807, 2.05) is 30.3 Å². The highest BCUT2D eigenvalue weighted by atomic mass is 32.2.